The quantitative estimate of drug-likeness (QED) is 0.603. The zero-order valence-electron chi connectivity index (χ0n) is 17.8. The second-order valence-corrected chi connectivity index (χ2v) is 9.02. The smallest absolute Gasteiger partial charge is 0.263 e. The maximum atomic E-state index is 12.7. The highest BCUT2D eigenvalue weighted by molar-refractivity contribution is 7.21. The Morgan fingerprint density at radius 1 is 1.20 bits per heavy atom. The third kappa shape index (κ3) is 4.29. The zero-order chi connectivity index (χ0) is 21.1. The van der Waals surface area contributed by atoms with Crippen molar-refractivity contribution < 1.29 is 4.79 Å². The van der Waals surface area contributed by atoms with Crippen LogP contribution in [-0.4, -0.2) is 30.5 Å². The summed E-state index contributed by atoms with van der Waals surface area (Å²) in [6, 6.07) is 10.6. The second-order valence-electron chi connectivity index (χ2n) is 8.02. The summed E-state index contributed by atoms with van der Waals surface area (Å²) in [6.45, 7) is 7.07. The minimum Gasteiger partial charge on any atom is -0.397 e. The van der Waals surface area contributed by atoms with Crippen LogP contribution in [0.5, 0.6) is 0 Å². The van der Waals surface area contributed by atoms with Gasteiger partial charge in [-0.15, -0.1) is 11.3 Å². The molecule has 0 atom stereocenters. The standard InChI is InChI=1S/C24H30N4OS/c1-3-18-15-17(8-10-20(18)28-13-5-4-6-14-28)11-12-26-23(29)22-21(25)19-9-7-16(2)27-24(19)30-22/h7-10,15H,3-6,11-14,25H2,1-2H3,(H,26,29). The fourth-order valence-corrected chi connectivity index (χ4v) is 5.24. The fourth-order valence-electron chi connectivity index (χ4n) is 4.18. The van der Waals surface area contributed by atoms with Crippen LogP contribution in [0.4, 0.5) is 11.4 Å². The maximum Gasteiger partial charge on any atom is 0.263 e. The molecule has 0 radical (unpaired) electrons. The van der Waals surface area contributed by atoms with Gasteiger partial charge in [-0.05, 0) is 68.4 Å². The summed E-state index contributed by atoms with van der Waals surface area (Å²) in [4.78, 5) is 21.1. The lowest BCUT2D eigenvalue weighted by atomic mass is 10.0. The van der Waals surface area contributed by atoms with E-state index in [0.717, 1.165) is 41.8 Å². The van der Waals surface area contributed by atoms with Crippen LogP contribution >= 0.6 is 11.3 Å². The first-order chi connectivity index (χ1) is 14.6. The van der Waals surface area contributed by atoms with E-state index in [-0.39, 0.29) is 5.91 Å². The Morgan fingerprint density at radius 2 is 2.00 bits per heavy atom. The number of pyridine rings is 1. The van der Waals surface area contributed by atoms with Crippen molar-refractivity contribution in [1.29, 1.82) is 0 Å². The van der Waals surface area contributed by atoms with Gasteiger partial charge in [-0.1, -0.05) is 19.1 Å². The molecule has 3 heterocycles. The van der Waals surface area contributed by atoms with Crippen molar-refractivity contribution in [3.05, 3.63) is 52.0 Å². The molecule has 3 aromatic rings. The van der Waals surface area contributed by atoms with E-state index < -0.39 is 0 Å². The number of rotatable bonds is 6. The van der Waals surface area contributed by atoms with Crippen LogP contribution < -0.4 is 16.0 Å². The van der Waals surface area contributed by atoms with E-state index in [0.29, 0.717) is 17.1 Å². The largest absolute Gasteiger partial charge is 0.397 e. The van der Waals surface area contributed by atoms with Gasteiger partial charge in [0.05, 0.1) is 5.69 Å². The van der Waals surface area contributed by atoms with Crippen LogP contribution in [-0.2, 0) is 12.8 Å². The number of thiophene rings is 1. The first-order valence-corrected chi connectivity index (χ1v) is 11.7. The number of amides is 1. The van der Waals surface area contributed by atoms with Gasteiger partial charge in [-0.3, -0.25) is 4.79 Å². The predicted molar refractivity (Wildman–Crippen MR) is 127 cm³/mol. The lowest BCUT2D eigenvalue weighted by molar-refractivity contribution is 0.0959. The van der Waals surface area contributed by atoms with Crippen molar-refractivity contribution >= 4 is 38.8 Å². The van der Waals surface area contributed by atoms with Gasteiger partial charge in [-0.25, -0.2) is 4.98 Å². The monoisotopic (exact) mass is 422 g/mol. The first kappa shape index (κ1) is 20.7. The molecule has 0 saturated carbocycles. The number of nitrogens with two attached hydrogens (primary N) is 1. The Balaban J connectivity index is 1.40. The third-order valence-electron chi connectivity index (χ3n) is 5.86. The van der Waals surface area contributed by atoms with Crippen LogP contribution in [0.15, 0.2) is 30.3 Å². The minimum atomic E-state index is -0.117. The van der Waals surface area contributed by atoms with Crippen molar-refractivity contribution in [3.63, 3.8) is 0 Å². The Kier molecular flexibility index (Phi) is 6.23. The van der Waals surface area contributed by atoms with E-state index in [9.17, 15) is 4.79 Å². The molecule has 0 bridgehead atoms. The van der Waals surface area contributed by atoms with Crippen LogP contribution in [0, 0.1) is 6.92 Å². The van der Waals surface area contributed by atoms with Crippen molar-refractivity contribution in [2.24, 2.45) is 0 Å². The average molecular weight is 423 g/mol. The topological polar surface area (TPSA) is 71.2 Å². The van der Waals surface area contributed by atoms with Gasteiger partial charge < -0.3 is 16.0 Å². The lowest BCUT2D eigenvalue weighted by Crippen LogP contribution is -2.30. The van der Waals surface area contributed by atoms with Gasteiger partial charge in [0.25, 0.3) is 5.91 Å². The zero-order valence-corrected chi connectivity index (χ0v) is 18.6. The number of fused-ring (bicyclic) bond motifs is 1. The first-order valence-electron chi connectivity index (χ1n) is 10.9. The molecule has 1 aliphatic rings. The fraction of sp³-hybridized carbons (Fsp3) is 0.417. The number of hydrogen-bond donors (Lipinski definition) is 2. The predicted octanol–water partition coefficient (Wildman–Crippen LogP) is 4.71. The molecular formula is C24H30N4OS. The maximum absolute atomic E-state index is 12.7. The van der Waals surface area contributed by atoms with Crippen LogP contribution in [0.25, 0.3) is 10.2 Å². The van der Waals surface area contributed by atoms with Crippen LogP contribution in [0.2, 0.25) is 0 Å². The Labute approximate surface area is 182 Å². The van der Waals surface area contributed by atoms with Gasteiger partial charge in [0, 0.05) is 36.4 Å². The van der Waals surface area contributed by atoms with E-state index in [1.165, 1.54) is 47.4 Å². The van der Waals surface area contributed by atoms with E-state index in [1.807, 2.05) is 19.1 Å². The highest BCUT2D eigenvalue weighted by Crippen LogP contribution is 2.32. The van der Waals surface area contributed by atoms with Crippen molar-refractivity contribution in [2.45, 2.75) is 46.0 Å². The normalized spacial score (nSPS) is 14.3. The molecule has 1 aromatic carbocycles. The molecule has 30 heavy (non-hydrogen) atoms. The number of piperidine rings is 1. The summed E-state index contributed by atoms with van der Waals surface area (Å²) in [5.74, 6) is -0.117. The van der Waals surface area contributed by atoms with Gasteiger partial charge >= 0.3 is 0 Å². The molecule has 0 spiro atoms. The van der Waals surface area contributed by atoms with Gasteiger partial charge in [0.15, 0.2) is 0 Å². The molecule has 1 saturated heterocycles. The molecule has 4 rings (SSSR count). The van der Waals surface area contributed by atoms with Crippen LogP contribution in [0.3, 0.4) is 0 Å². The summed E-state index contributed by atoms with van der Waals surface area (Å²) < 4.78 is 0. The van der Waals surface area contributed by atoms with Gasteiger partial charge in [0.2, 0.25) is 0 Å². The molecule has 1 fully saturated rings. The molecule has 0 aliphatic carbocycles. The SMILES string of the molecule is CCc1cc(CCNC(=O)c2sc3nc(C)ccc3c2N)ccc1N1CCCCC1. The molecular weight excluding hydrogens is 392 g/mol. The average Bonchev–Trinajstić information content (AvgIpc) is 3.09. The summed E-state index contributed by atoms with van der Waals surface area (Å²) >= 11 is 1.36. The Bertz CT molecular complexity index is 1050. The molecule has 5 nitrogen and oxygen atoms in total. The molecule has 158 valence electrons. The highest BCUT2D eigenvalue weighted by atomic mass is 32.1. The number of carbonyl (C=O) groups excluding carboxylic acids is 1. The number of aromatic nitrogens is 1. The molecule has 3 N–H and O–H groups in total. The van der Waals surface area contributed by atoms with Crippen molar-refractivity contribution in [3.8, 4) is 0 Å². The number of anilines is 2. The summed E-state index contributed by atoms with van der Waals surface area (Å²) in [5.41, 5.74) is 11.7. The molecule has 6 heteroatoms. The van der Waals surface area contributed by atoms with E-state index in [4.69, 9.17) is 5.73 Å². The van der Waals surface area contributed by atoms with Crippen molar-refractivity contribution in [2.75, 3.05) is 30.3 Å². The van der Waals surface area contributed by atoms with Crippen molar-refractivity contribution in [1.82, 2.24) is 10.3 Å². The minimum absolute atomic E-state index is 0.117. The lowest BCUT2D eigenvalue weighted by Gasteiger charge is -2.30. The number of nitrogen functional groups attached to an aromatic ring is 1. The Hall–Kier alpha value is -2.60. The number of aryl methyl sites for hydroxylation is 2. The molecule has 1 aliphatic heterocycles. The van der Waals surface area contributed by atoms with Gasteiger partial charge in [0.1, 0.15) is 9.71 Å². The number of carbonyl (C=O) groups is 1. The van der Waals surface area contributed by atoms with E-state index in [1.54, 1.807) is 0 Å². The molecule has 2 aromatic heterocycles. The third-order valence-corrected chi connectivity index (χ3v) is 6.97. The van der Waals surface area contributed by atoms with E-state index >= 15 is 0 Å². The number of nitrogens with one attached hydrogen (secondary N) is 1. The summed E-state index contributed by atoms with van der Waals surface area (Å²) in [5, 5.41) is 3.89. The van der Waals surface area contributed by atoms with Gasteiger partial charge in [-0.2, -0.15) is 0 Å². The summed E-state index contributed by atoms with van der Waals surface area (Å²) in [7, 11) is 0. The number of benzene rings is 1. The number of nitrogens with zero attached hydrogens (tertiary/aromatic N) is 2. The highest BCUT2D eigenvalue weighted by Gasteiger charge is 2.17. The molecule has 1 amide bonds. The summed E-state index contributed by atoms with van der Waals surface area (Å²) in [6.07, 6.45) is 5.74. The molecule has 0 unspecified atom stereocenters. The number of hydrogen-bond acceptors (Lipinski definition) is 5. The van der Waals surface area contributed by atoms with Crippen LogP contribution in [0.1, 0.15) is 52.7 Å². The Morgan fingerprint density at radius 3 is 2.77 bits per heavy atom. The van der Waals surface area contributed by atoms with E-state index in [2.05, 4.69) is 40.3 Å². The second kappa shape index (κ2) is 9.04.